The molecule has 0 atom stereocenters. The molecule has 1 aromatic carbocycles. The number of benzene rings is 1. The average Bonchev–Trinajstić information content (AvgIpc) is 3.54. The Morgan fingerprint density at radius 1 is 1.11 bits per heavy atom. The maximum absolute atomic E-state index is 11.7. The van der Waals surface area contributed by atoms with E-state index in [1.165, 1.54) is 0 Å². The highest BCUT2D eigenvalue weighted by Gasteiger charge is 2.28. The molecule has 0 aliphatic heterocycles. The molecule has 8 heteroatoms. The quantitative estimate of drug-likeness (QED) is 0.176. The standard InChI is InChI=1S/C20H32N4O3.HI/c1-3-27-14-4-11-22-20(23-13-12-21-19(25)17-7-8-17)24-15-16-5-9-18(26-2)10-6-16;/h5-6,9-10,17H,3-4,7-8,11-15H2,1-2H3,(H,21,25)(H2,22,23,24);1H. The number of aliphatic imine (C=N–C) groups is 1. The van der Waals surface area contributed by atoms with Crippen molar-refractivity contribution in [3.63, 3.8) is 0 Å². The number of rotatable bonds is 12. The number of nitrogens with zero attached hydrogens (tertiary/aromatic N) is 1. The summed E-state index contributed by atoms with van der Waals surface area (Å²) >= 11 is 0. The van der Waals surface area contributed by atoms with Crippen LogP contribution in [-0.4, -0.2) is 51.8 Å². The van der Waals surface area contributed by atoms with Gasteiger partial charge in [-0.25, -0.2) is 4.99 Å². The molecule has 7 nitrogen and oxygen atoms in total. The molecule has 1 aromatic rings. The van der Waals surface area contributed by atoms with Crippen molar-refractivity contribution >= 4 is 35.8 Å². The third kappa shape index (κ3) is 10.1. The van der Waals surface area contributed by atoms with Crippen LogP contribution in [0.2, 0.25) is 0 Å². The molecule has 1 amide bonds. The fraction of sp³-hybridized carbons (Fsp3) is 0.600. The molecular formula is C20H33IN4O3. The molecule has 1 aliphatic carbocycles. The summed E-state index contributed by atoms with van der Waals surface area (Å²) in [6.07, 6.45) is 2.96. The van der Waals surface area contributed by atoms with E-state index in [0.29, 0.717) is 19.6 Å². The van der Waals surface area contributed by atoms with Gasteiger partial charge in [-0.1, -0.05) is 12.1 Å². The summed E-state index contributed by atoms with van der Waals surface area (Å²) in [6, 6.07) is 7.87. The molecule has 2 rings (SSSR count). The van der Waals surface area contributed by atoms with Gasteiger partial charge in [0.25, 0.3) is 0 Å². The largest absolute Gasteiger partial charge is 0.497 e. The first-order valence-corrected chi connectivity index (χ1v) is 9.73. The molecule has 3 N–H and O–H groups in total. The fourth-order valence-corrected chi connectivity index (χ4v) is 2.46. The van der Waals surface area contributed by atoms with Crippen molar-refractivity contribution in [1.29, 1.82) is 0 Å². The van der Waals surface area contributed by atoms with E-state index in [4.69, 9.17) is 9.47 Å². The van der Waals surface area contributed by atoms with Crippen LogP contribution in [0.1, 0.15) is 31.7 Å². The second kappa shape index (κ2) is 14.4. The predicted molar refractivity (Wildman–Crippen MR) is 122 cm³/mol. The Bertz CT molecular complexity index is 592. The molecule has 1 fully saturated rings. The van der Waals surface area contributed by atoms with E-state index in [0.717, 1.165) is 56.3 Å². The lowest BCUT2D eigenvalue weighted by Gasteiger charge is -2.13. The number of hydrogen-bond donors (Lipinski definition) is 3. The van der Waals surface area contributed by atoms with E-state index in [2.05, 4.69) is 20.9 Å². The summed E-state index contributed by atoms with van der Waals surface area (Å²) in [6.45, 7) is 6.04. The second-order valence-corrected chi connectivity index (χ2v) is 6.48. The number of methoxy groups -OCH3 is 1. The number of guanidine groups is 1. The van der Waals surface area contributed by atoms with Gasteiger partial charge in [0, 0.05) is 38.8 Å². The molecule has 1 aliphatic rings. The Morgan fingerprint density at radius 3 is 2.43 bits per heavy atom. The smallest absolute Gasteiger partial charge is 0.223 e. The molecule has 28 heavy (non-hydrogen) atoms. The monoisotopic (exact) mass is 504 g/mol. The zero-order chi connectivity index (χ0) is 19.3. The molecule has 158 valence electrons. The summed E-state index contributed by atoms with van der Waals surface area (Å²) in [5, 5.41) is 9.55. The lowest BCUT2D eigenvalue weighted by molar-refractivity contribution is -0.122. The van der Waals surface area contributed by atoms with Gasteiger partial charge in [0.2, 0.25) is 5.91 Å². The summed E-state index contributed by atoms with van der Waals surface area (Å²) in [7, 11) is 1.66. The maximum Gasteiger partial charge on any atom is 0.223 e. The number of nitrogens with one attached hydrogen (secondary N) is 3. The van der Waals surface area contributed by atoms with Gasteiger partial charge in [0.05, 0.1) is 13.7 Å². The van der Waals surface area contributed by atoms with Gasteiger partial charge in [-0.3, -0.25) is 4.79 Å². The predicted octanol–water partition coefficient (Wildman–Crippen LogP) is 2.30. The summed E-state index contributed by atoms with van der Waals surface area (Å²) in [5.74, 6) is 1.98. The van der Waals surface area contributed by atoms with Crippen LogP contribution in [0.4, 0.5) is 0 Å². The minimum atomic E-state index is 0. The third-order valence-corrected chi connectivity index (χ3v) is 4.21. The molecule has 1 saturated carbocycles. The minimum absolute atomic E-state index is 0. The highest BCUT2D eigenvalue weighted by Crippen LogP contribution is 2.28. The zero-order valence-electron chi connectivity index (χ0n) is 16.8. The summed E-state index contributed by atoms with van der Waals surface area (Å²) in [4.78, 5) is 16.3. The number of amides is 1. The van der Waals surface area contributed by atoms with E-state index >= 15 is 0 Å². The maximum atomic E-state index is 11.7. The van der Waals surface area contributed by atoms with Gasteiger partial charge < -0.3 is 25.4 Å². The molecule has 0 saturated heterocycles. The molecule has 0 bridgehead atoms. The van der Waals surface area contributed by atoms with Gasteiger partial charge in [0.15, 0.2) is 5.96 Å². The van der Waals surface area contributed by atoms with Gasteiger partial charge in [0.1, 0.15) is 5.75 Å². The Labute approximate surface area is 185 Å². The van der Waals surface area contributed by atoms with E-state index in [1.54, 1.807) is 7.11 Å². The Balaban J connectivity index is 0.00000392. The van der Waals surface area contributed by atoms with E-state index < -0.39 is 0 Å². The first-order chi connectivity index (χ1) is 13.2. The second-order valence-electron chi connectivity index (χ2n) is 6.48. The van der Waals surface area contributed by atoms with Gasteiger partial charge in [-0.15, -0.1) is 24.0 Å². The molecule has 0 heterocycles. The third-order valence-electron chi connectivity index (χ3n) is 4.21. The highest BCUT2D eigenvalue weighted by molar-refractivity contribution is 14.0. The van der Waals surface area contributed by atoms with E-state index in [1.807, 2.05) is 31.2 Å². The Morgan fingerprint density at radius 2 is 1.79 bits per heavy atom. The fourth-order valence-electron chi connectivity index (χ4n) is 2.46. The topological polar surface area (TPSA) is 84.0 Å². The lowest BCUT2D eigenvalue weighted by atomic mass is 10.2. The van der Waals surface area contributed by atoms with Gasteiger partial charge in [-0.2, -0.15) is 0 Å². The van der Waals surface area contributed by atoms with Crippen LogP contribution < -0.4 is 20.7 Å². The van der Waals surface area contributed by atoms with Gasteiger partial charge in [-0.05, 0) is 43.9 Å². The number of ether oxygens (including phenoxy) is 2. The number of carbonyl (C=O) groups is 1. The van der Waals surface area contributed by atoms with Crippen molar-refractivity contribution in [2.75, 3.05) is 40.0 Å². The molecular weight excluding hydrogens is 471 g/mol. The highest BCUT2D eigenvalue weighted by atomic mass is 127. The number of carbonyl (C=O) groups excluding carboxylic acids is 1. The van der Waals surface area contributed by atoms with Crippen molar-refractivity contribution in [2.45, 2.75) is 32.7 Å². The van der Waals surface area contributed by atoms with E-state index in [-0.39, 0.29) is 35.8 Å². The van der Waals surface area contributed by atoms with Crippen LogP contribution >= 0.6 is 24.0 Å². The summed E-state index contributed by atoms with van der Waals surface area (Å²) in [5.41, 5.74) is 1.10. The van der Waals surface area contributed by atoms with Crippen molar-refractivity contribution in [3.05, 3.63) is 29.8 Å². The normalized spacial score (nSPS) is 13.4. The van der Waals surface area contributed by atoms with E-state index in [9.17, 15) is 4.79 Å². The zero-order valence-corrected chi connectivity index (χ0v) is 19.2. The first kappa shape index (κ1) is 24.5. The Hall–Kier alpha value is -1.55. The van der Waals surface area contributed by atoms with Crippen LogP contribution in [0.3, 0.4) is 0 Å². The first-order valence-electron chi connectivity index (χ1n) is 9.73. The lowest BCUT2D eigenvalue weighted by Crippen LogP contribution is -2.42. The van der Waals surface area contributed by atoms with Crippen molar-refractivity contribution in [2.24, 2.45) is 10.9 Å². The molecule has 0 unspecified atom stereocenters. The van der Waals surface area contributed by atoms with Crippen LogP contribution in [0.15, 0.2) is 29.3 Å². The summed E-state index contributed by atoms with van der Waals surface area (Å²) < 4.78 is 10.5. The SMILES string of the molecule is CCOCCCNC(=NCc1ccc(OC)cc1)NCCNC(=O)C1CC1.I. The minimum Gasteiger partial charge on any atom is -0.497 e. The molecule has 0 radical (unpaired) electrons. The van der Waals surface area contributed by atoms with Crippen LogP contribution in [0.25, 0.3) is 0 Å². The van der Waals surface area contributed by atoms with Crippen molar-refractivity contribution in [1.82, 2.24) is 16.0 Å². The van der Waals surface area contributed by atoms with Crippen LogP contribution in [0.5, 0.6) is 5.75 Å². The average molecular weight is 504 g/mol. The number of halogens is 1. The van der Waals surface area contributed by atoms with Gasteiger partial charge >= 0.3 is 0 Å². The van der Waals surface area contributed by atoms with Crippen LogP contribution in [0, 0.1) is 5.92 Å². The van der Waals surface area contributed by atoms with Crippen molar-refractivity contribution < 1.29 is 14.3 Å². The number of hydrogen-bond acceptors (Lipinski definition) is 4. The molecule has 0 spiro atoms. The van der Waals surface area contributed by atoms with Crippen LogP contribution in [-0.2, 0) is 16.1 Å². The Kier molecular flexibility index (Phi) is 12.6. The molecule has 0 aromatic heterocycles. The van der Waals surface area contributed by atoms with Crippen molar-refractivity contribution in [3.8, 4) is 5.75 Å².